The van der Waals surface area contributed by atoms with Crippen molar-refractivity contribution in [3.8, 4) is 5.75 Å². The highest BCUT2D eigenvalue weighted by molar-refractivity contribution is 9.10. The Labute approximate surface area is 126 Å². The number of carbonyl (C=O) groups excluding carboxylic acids is 1. The molecule has 19 heavy (non-hydrogen) atoms. The normalized spacial score (nSPS) is 10.3. The van der Waals surface area contributed by atoms with Gasteiger partial charge in [0.05, 0.1) is 0 Å². The van der Waals surface area contributed by atoms with Crippen LogP contribution < -0.4 is 4.74 Å². The third kappa shape index (κ3) is 3.88. The maximum absolute atomic E-state index is 13.5. The summed E-state index contributed by atoms with van der Waals surface area (Å²) in [7, 11) is 0. The van der Waals surface area contributed by atoms with Gasteiger partial charge in [0.25, 0.3) is 0 Å². The number of halogens is 3. The van der Waals surface area contributed by atoms with E-state index in [-0.39, 0.29) is 18.1 Å². The molecule has 0 atom stereocenters. The maximum atomic E-state index is 13.5. The van der Waals surface area contributed by atoms with Gasteiger partial charge in [-0.2, -0.15) is 0 Å². The summed E-state index contributed by atoms with van der Waals surface area (Å²) >= 11 is 6.44. The van der Waals surface area contributed by atoms with Crippen LogP contribution in [0.5, 0.6) is 5.75 Å². The summed E-state index contributed by atoms with van der Waals surface area (Å²) in [6.07, 6.45) is 0. The lowest BCUT2D eigenvalue weighted by molar-refractivity contribution is 0.0919. The average molecular weight is 388 g/mol. The molecule has 0 bridgehead atoms. The highest BCUT2D eigenvalue weighted by atomic mass is 79.9. The van der Waals surface area contributed by atoms with Crippen molar-refractivity contribution in [3.63, 3.8) is 0 Å². The predicted octanol–water partition coefficient (Wildman–Crippen LogP) is 4.61. The lowest BCUT2D eigenvalue weighted by Gasteiger charge is -2.07. The van der Waals surface area contributed by atoms with Gasteiger partial charge in [-0.3, -0.25) is 4.79 Å². The molecular weight excluding hydrogens is 379 g/mol. The molecule has 0 N–H and O–H groups in total. The lowest BCUT2D eigenvalue weighted by atomic mass is 10.1. The van der Waals surface area contributed by atoms with Crippen LogP contribution in [0.15, 0.2) is 51.4 Å². The van der Waals surface area contributed by atoms with Gasteiger partial charge in [0.2, 0.25) is 0 Å². The molecule has 2 nitrogen and oxygen atoms in total. The minimum Gasteiger partial charge on any atom is -0.482 e. The number of ketones is 1. The van der Waals surface area contributed by atoms with Crippen LogP contribution in [-0.4, -0.2) is 12.4 Å². The molecule has 0 aliphatic rings. The van der Waals surface area contributed by atoms with Gasteiger partial charge in [-0.15, -0.1) is 0 Å². The molecule has 98 valence electrons. The number of rotatable bonds is 4. The quantitative estimate of drug-likeness (QED) is 0.716. The molecule has 0 aliphatic heterocycles. The highest BCUT2D eigenvalue weighted by Crippen LogP contribution is 2.21. The Bertz CT molecular complexity index is 597. The number of carbonyl (C=O) groups is 1. The Balaban J connectivity index is 2.02. The first-order valence-electron chi connectivity index (χ1n) is 5.43. The van der Waals surface area contributed by atoms with E-state index in [0.29, 0.717) is 10.0 Å². The highest BCUT2D eigenvalue weighted by Gasteiger charge is 2.09. The van der Waals surface area contributed by atoms with Crippen molar-refractivity contribution in [3.05, 3.63) is 62.8 Å². The van der Waals surface area contributed by atoms with Gasteiger partial charge in [-0.25, -0.2) is 4.39 Å². The molecule has 0 fully saturated rings. The first-order chi connectivity index (χ1) is 9.06. The summed E-state index contributed by atoms with van der Waals surface area (Å²) in [6.45, 7) is -0.194. The van der Waals surface area contributed by atoms with E-state index >= 15 is 0 Å². The second-order valence-corrected chi connectivity index (χ2v) is 5.62. The zero-order chi connectivity index (χ0) is 13.8. The number of Topliss-reactive ketones (excluding diaryl/α,β-unsaturated/α-hetero) is 1. The zero-order valence-electron chi connectivity index (χ0n) is 9.70. The molecule has 0 saturated heterocycles. The Morgan fingerprint density at radius 1 is 1.05 bits per heavy atom. The first-order valence-corrected chi connectivity index (χ1v) is 7.01. The monoisotopic (exact) mass is 386 g/mol. The molecule has 0 spiro atoms. The largest absolute Gasteiger partial charge is 0.482 e. The van der Waals surface area contributed by atoms with E-state index in [9.17, 15) is 9.18 Å². The molecule has 0 amide bonds. The Hall–Kier alpha value is -1.20. The van der Waals surface area contributed by atoms with Crippen LogP contribution in [0.4, 0.5) is 4.39 Å². The van der Waals surface area contributed by atoms with Crippen molar-refractivity contribution in [2.24, 2.45) is 0 Å². The van der Waals surface area contributed by atoms with Crippen LogP contribution in [0.25, 0.3) is 0 Å². The SMILES string of the molecule is O=C(COc1ccc(Br)cc1F)c1ccc(Br)cc1. The molecule has 2 aromatic rings. The summed E-state index contributed by atoms with van der Waals surface area (Å²) in [6, 6.07) is 11.3. The van der Waals surface area contributed by atoms with Crippen molar-refractivity contribution >= 4 is 37.6 Å². The maximum Gasteiger partial charge on any atom is 0.200 e. The zero-order valence-corrected chi connectivity index (χ0v) is 12.9. The van der Waals surface area contributed by atoms with Crippen molar-refractivity contribution in [2.45, 2.75) is 0 Å². The standard InChI is InChI=1S/C14H9Br2FO2/c15-10-3-1-9(2-4-10)13(18)8-19-14-6-5-11(16)7-12(14)17/h1-7H,8H2. The van der Waals surface area contributed by atoms with Crippen LogP contribution in [0.3, 0.4) is 0 Å². The van der Waals surface area contributed by atoms with Gasteiger partial charge in [0.1, 0.15) is 0 Å². The van der Waals surface area contributed by atoms with Crippen LogP contribution in [0, 0.1) is 5.82 Å². The smallest absolute Gasteiger partial charge is 0.200 e. The number of hydrogen-bond donors (Lipinski definition) is 0. The fraction of sp³-hybridized carbons (Fsp3) is 0.0714. The first kappa shape index (κ1) is 14.2. The Morgan fingerprint density at radius 3 is 2.32 bits per heavy atom. The second kappa shape index (κ2) is 6.30. The summed E-state index contributed by atoms with van der Waals surface area (Å²) in [4.78, 5) is 11.8. The number of ether oxygens (including phenoxy) is 1. The molecule has 0 aliphatic carbocycles. The second-order valence-electron chi connectivity index (χ2n) is 3.79. The predicted molar refractivity (Wildman–Crippen MR) is 78.1 cm³/mol. The summed E-state index contributed by atoms with van der Waals surface area (Å²) in [5.41, 5.74) is 0.528. The van der Waals surface area contributed by atoms with Gasteiger partial charge in [-0.1, -0.05) is 44.0 Å². The molecule has 2 rings (SSSR count). The number of hydrogen-bond acceptors (Lipinski definition) is 2. The van der Waals surface area contributed by atoms with Crippen molar-refractivity contribution in [1.82, 2.24) is 0 Å². The van der Waals surface area contributed by atoms with Crippen LogP contribution >= 0.6 is 31.9 Å². The van der Waals surface area contributed by atoms with Crippen molar-refractivity contribution < 1.29 is 13.9 Å². The topological polar surface area (TPSA) is 26.3 Å². The van der Waals surface area contributed by atoms with Gasteiger partial charge in [-0.05, 0) is 30.3 Å². The van der Waals surface area contributed by atoms with E-state index < -0.39 is 5.82 Å². The van der Waals surface area contributed by atoms with Gasteiger partial charge in [0, 0.05) is 14.5 Å². The van der Waals surface area contributed by atoms with E-state index in [1.807, 2.05) is 0 Å². The van der Waals surface area contributed by atoms with E-state index in [0.717, 1.165) is 4.47 Å². The third-order valence-corrected chi connectivity index (χ3v) is 3.44. The summed E-state index contributed by atoms with van der Waals surface area (Å²) in [5, 5.41) is 0. The molecule has 0 heterocycles. The van der Waals surface area contributed by atoms with E-state index in [1.165, 1.54) is 12.1 Å². The van der Waals surface area contributed by atoms with Crippen molar-refractivity contribution in [1.29, 1.82) is 0 Å². The third-order valence-electron chi connectivity index (χ3n) is 2.42. The minimum absolute atomic E-state index is 0.0636. The van der Waals surface area contributed by atoms with E-state index in [4.69, 9.17) is 4.74 Å². The summed E-state index contributed by atoms with van der Waals surface area (Å²) < 4.78 is 20.2. The molecule has 0 radical (unpaired) electrons. The molecule has 0 aromatic heterocycles. The molecule has 5 heteroatoms. The Morgan fingerprint density at radius 2 is 1.68 bits per heavy atom. The fourth-order valence-electron chi connectivity index (χ4n) is 1.45. The van der Waals surface area contributed by atoms with Crippen LogP contribution in [-0.2, 0) is 0 Å². The van der Waals surface area contributed by atoms with Crippen LogP contribution in [0.1, 0.15) is 10.4 Å². The lowest BCUT2D eigenvalue weighted by Crippen LogP contribution is -2.12. The van der Waals surface area contributed by atoms with Gasteiger partial charge in [0.15, 0.2) is 24.0 Å². The van der Waals surface area contributed by atoms with Crippen LogP contribution in [0.2, 0.25) is 0 Å². The summed E-state index contributed by atoms with van der Waals surface area (Å²) in [5.74, 6) is -0.638. The fourth-order valence-corrected chi connectivity index (χ4v) is 2.05. The average Bonchev–Trinajstić information content (AvgIpc) is 2.38. The van der Waals surface area contributed by atoms with Crippen molar-refractivity contribution in [2.75, 3.05) is 6.61 Å². The van der Waals surface area contributed by atoms with Gasteiger partial charge >= 0.3 is 0 Å². The minimum atomic E-state index is -0.502. The molecular formula is C14H9Br2FO2. The molecule has 0 unspecified atom stereocenters. The molecule has 0 saturated carbocycles. The van der Waals surface area contributed by atoms with E-state index in [1.54, 1.807) is 30.3 Å². The molecule has 2 aromatic carbocycles. The van der Waals surface area contributed by atoms with E-state index in [2.05, 4.69) is 31.9 Å². The van der Waals surface area contributed by atoms with Gasteiger partial charge < -0.3 is 4.74 Å². The number of benzene rings is 2. The Kier molecular flexibility index (Phi) is 4.71.